The number of nitrogens with zero attached hydrogens (tertiary/aromatic N) is 2. The molecule has 2 aromatic heterocycles. The van der Waals surface area contributed by atoms with Crippen molar-refractivity contribution in [2.45, 2.75) is 26.6 Å². The number of nitrogens with one attached hydrogen (secondary N) is 1. The lowest BCUT2D eigenvalue weighted by Gasteiger charge is -2.14. The number of hydrogen-bond acceptors (Lipinski definition) is 4. The number of hydrogen-bond donors (Lipinski definition) is 1. The standard InChI is InChI=1S/C19H16F3N3O3/c1-11-8-15(28-24-11)10-23-17(26)16-7-6-12(2)25(18(16)27)14-5-3-4-13(9-14)19(20,21)22/h3-9H,10H2,1-2H3,(H,23,26). The molecule has 3 rings (SSSR count). The average Bonchev–Trinajstić information content (AvgIpc) is 3.05. The van der Waals surface area contributed by atoms with Gasteiger partial charge in [-0.2, -0.15) is 13.2 Å². The molecule has 2 heterocycles. The lowest BCUT2D eigenvalue weighted by Crippen LogP contribution is -2.33. The Labute approximate surface area is 157 Å². The Bertz CT molecular complexity index is 1080. The second-order valence-electron chi connectivity index (χ2n) is 6.19. The molecule has 28 heavy (non-hydrogen) atoms. The molecule has 0 spiro atoms. The number of carbonyl (C=O) groups excluding carboxylic acids is 1. The van der Waals surface area contributed by atoms with Crippen LogP contribution >= 0.6 is 0 Å². The van der Waals surface area contributed by atoms with E-state index in [1.165, 1.54) is 24.3 Å². The van der Waals surface area contributed by atoms with Gasteiger partial charge < -0.3 is 9.84 Å². The second kappa shape index (κ2) is 7.34. The number of carbonyl (C=O) groups is 1. The number of halogens is 3. The van der Waals surface area contributed by atoms with Crippen molar-refractivity contribution in [2.24, 2.45) is 0 Å². The lowest BCUT2D eigenvalue weighted by atomic mass is 10.1. The van der Waals surface area contributed by atoms with E-state index in [1.54, 1.807) is 19.9 Å². The molecule has 0 saturated heterocycles. The van der Waals surface area contributed by atoms with Gasteiger partial charge in [-0.1, -0.05) is 11.2 Å². The highest BCUT2D eigenvalue weighted by Crippen LogP contribution is 2.30. The van der Waals surface area contributed by atoms with E-state index < -0.39 is 23.2 Å². The maximum atomic E-state index is 13.0. The normalized spacial score (nSPS) is 11.5. The number of benzene rings is 1. The zero-order valence-corrected chi connectivity index (χ0v) is 15.0. The van der Waals surface area contributed by atoms with E-state index in [2.05, 4.69) is 10.5 Å². The summed E-state index contributed by atoms with van der Waals surface area (Å²) in [6.07, 6.45) is -4.54. The van der Waals surface area contributed by atoms with Gasteiger partial charge in [0.25, 0.3) is 11.5 Å². The van der Waals surface area contributed by atoms with Gasteiger partial charge in [0.15, 0.2) is 5.76 Å². The molecule has 0 unspecified atom stereocenters. The van der Waals surface area contributed by atoms with Crippen LogP contribution in [0.5, 0.6) is 0 Å². The van der Waals surface area contributed by atoms with Crippen LogP contribution in [0.3, 0.4) is 0 Å². The van der Waals surface area contributed by atoms with Crippen molar-refractivity contribution in [3.63, 3.8) is 0 Å². The van der Waals surface area contributed by atoms with Crippen LogP contribution in [-0.4, -0.2) is 15.6 Å². The van der Waals surface area contributed by atoms with Crippen LogP contribution < -0.4 is 10.9 Å². The third-order valence-electron chi connectivity index (χ3n) is 4.05. The van der Waals surface area contributed by atoms with Gasteiger partial charge in [0.05, 0.1) is 17.8 Å². The van der Waals surface area contributed by atoms with Crippen molar-refractivity contribution in [2.75, 3.05) is 0 Å². The monoisotopic (exact) mass is 391 g/mol. The molecule has 0 aliphatic heterocycles. The minimum absolute atomic E-state index is 0.0244. The van der Waals surface area contributed by atoms with Crippen molar-refractivity contribution < 1.29 is 22.5 Å². The summed E-state index contributed by atoms with van der Waals surface area (Å²) in [5, 5.41) is 6.23. The van der Waals surface area contributed by atoms with Crippen molar-refractivity contribution in [1.29, 1.82) is 0 Å². The summed E-state index contributed by atoms with van der Waals surface area (Å²) >= 11 is 0. The van der Waals surface area contributed by atoms with E-state index in [4.69, 9.17) is 4.52 Å². The molecular weight excluding hydrogens is 375 g/mol. The molecule has 6 nitrogen and oxygen atoms in total. The summed E-state index contributed by atoms with van der Waals surface area (Å²) in [6.45, 7) is 3.32. The Hall–Kier alpha value is -3.36. The Morgan fingerprint density at radius 3 is 2.57 bits per heavy atom. The van der Waals surface area contributed by atoms with Gasteiger partial charge in [0.1, 0.15) is 5.56 Å². The summed E-state index contributed by atoms with van der Waals surface area (Å²) in [5.41, 5.74) is -0.729. The van der Waals surface area contributed by atoms with E-state index >= 15 is 0 Å². The molecule has 0 radical (unpaired) electrons. The smallest absolute Gasteiger partial charge is 0.359 e. The quantitative estimate of drug-likeness (QED) is 0.740. The zero-order chi connectivity index (χ0) is 20.5. The fourth-order valence-corrected chi connectivity index (χ4v) is 2.71. The summed E-state index contributed by atoms with van der Waals surface area (Å²) in [7, 11) is 0. The molecule has 1 aromatic carbocycles. The van der Waals surface area contributed by atoms with Crippen molar-refractivity contribution in [3.05, 3.63) is 81.1 Å². The first-order valence-electron chi connectivity index (χ1n) is 8.27. The number of pyridine rings is 1. The van der Waals surface area contributed by atoms with Gasteiger partial charge in [-0.15, -0.1) is 0 Å². The predicted molar refractivity (Wildman–Crippen MR) is 94.2 cm³/mol. The Kier molecular flexibility index (Phi) is 5.08. The maximum absolute atomic E-state index is 13.0. The van der Waals surface area contributed by atoms with Gasteiger partial charge in [0.2, 0.25) is 0 Å². The van der Waals surface area contributed by atoms with E-state index in [9.17, 15) is 22.8 Å². The van der Waals surface area contributed by atoms with E-state index in [0.717, 1.165) is 16.7 Å². The van der Waals surface area contributed by atoms with Crippen LogP contribution in [-0.2, 0) is 12.7 Å². The number of alkyl halides is 3. The number of amides is 1. The topological polar surface area (TPSA) is 77.1 Å². The van der Waals surface area contributed by atoms with E-state index in [0.29, 0.717) is 17.1 Å². The zero-order valence-electron chi connectivity index (χ0n) is 15.0. The Balaban J connectivity index is 1.94. The fourth-order valence-electron chi connectivity index (χ4n) is 2.71. The van der Waals surface area contributed by atoms with E-state index in [1.807, 2.05) is 0 Å². The predicted octanol–water partition coefficient (Wildman–Crippen LogP) is 3.39. The molecule has 146 valence electrons. The SMILES string of the molecule is Cc1cc(CNC(=O)c2ccc(C)n(-c3cccc(C(F)(F)F)c3)c2=O)on1. The molecule has 1 N–H and O–H groups in total. The first-order valence-corrected chi connectivity index (χ1v) is 8.27. The minimum atomic E-state index is -4.54. The van der Waals surface area contributed by atoms with Gasteiger partial charge >= 0.3 is 6.18 Å². The molecule has 1 amide bonds. The van der Waals surface area contributed by atoms with Gasteiger partial charge in [-0.05, 0) is 44.2 Å². The van der Waals surface area contributed by atoms with Crippen molar-refractivity contribution in [3.8, 4) is 5.69 Å². The first kappa shape index (κ1) is 19.4. The highest BCUT2D eigenvalue weighted by molar-refractivity contribution is 5.93. The third-order valence-corrected chi connectivity index (χ3v) is 4.05. The van der Waals surface area contributed by atoms with Crippen LogP contribution in [0.2, 0.25) is 0 Å². The highest BCUT2D eigenvalue weighted by Gasteiger charge is 2.30. The molecule has 0 fully saturated rings. The number of aryl methyl sites for hydroxylation is 2. The van der Waals surface area contributed by atoms with E-state index in [-0.39, 0.29) is 17.8 Å². The largest absolute Gasteiger partial charge is 0.416 e. The second-order valence-corrected chi connectivity index (χ2v) is 6.19. The fraction of sp³-hybridized carbons (Fsp3) is 0.211. The van der Waals surface area contributed by atoms with Crippen LogP contribution in [0.1, 0.15) is 33.1 Å². The number of rotatable bonds is 4. The van der Waals surface area contributed by atoms with Crippen LogP contribution in [0.25, 0.3) is 5.69 Å². The number of aromatic nitrogens is 2. The molecule has 0 bridgehead atoms. The highest BCUT2D eigenvalue weighted by atomic mass is 19.4. The van der Waals surface area contributed by atoms with Gasteiger partial charge in [-0.3, -0.25) is 14.2 Å². The lowest BCUT2D eigenvalue weighted by molar-refractivity contribution is -0.137. The summed E-state index contributed by atoms with van der Waals surface area (Å²) in [5.74, 6) is -0.254. The molecular formula is C19H16F3N3O3. The van der Waals surface area contributed by atoms with Crippen LogP contribution in [0, 0.1) is 13.8 Å². The Morgan fingerprint density at radius 2 is 1.93 bits per heavy atom. The summed E-state index contributed by atoms with van der Waals surface area (Å²) < 4.78 is 45.0. The van der Waals surface area contributed by atoms with Crippen molar-refractivity contribution in [1.82, 2.24) is 15.0 Å². The molecule has 3 aromatic rings. The van der Waals surface area contributed by atoms with Crippen LogP contribution in [0.15, 0.2) is 51.8 Å². The van der Waals surface area contributed by atoms with Crippen LogP contribution in [0.4, 0.5) is 13.2 Å². The van der Waals surface area contributed by atoms with Gasteiger partial charge in [-0.25, -0.2) is 0 Å². The molecule has 0 aliphatic rings. The van der Waals surface area contributed by atoms with Crippen molar-refractivity contribution >= 4 is 5.91 Å². The third kappa shape index (κ3) is 3.98. The summed E-state index contributed by atoms with van der Waals surface area (Å²) in [6, 6.07) is 8.84. The molecule has 0 aliphatic carbocycles. The van der Waals surface area contributed by atoms with Gasteiger partial charge in [0, 0.05) is 17.4 Å². The Morgan fingerprint density at radius 1 is 1.18 bits per heavy atom. The average molecular weight is 391 g/mol. The molecule has 9 heteroatoms. The molecule has 0 atom stereocenters. The maximum Gasteiger partial charge on any atom is 0.416 e. The molecule has 0 saturated carbocycles. The summed E-state index contributed by atoms with van der Waals surface area (Å²) in [4.78, 5) is 25.2. The minimum Gasteiger partial charge on any atom is -0.359 e. The first-order chi connectivity index (χ1) is 13.2.